The van der Waals surface area contributed by atoms with Gasteiger partial charge < -0.3 is 19.2 Å². The molecule has 7 nitrogen and oxygen atoms in total. The second-order valence-electron chi connectivity index (χ2n) is 9.87. The lowest BCUT2D eigenvalue weighted by Gasteiger charge is -2.11. The van der Waals surface area contributed by atoms with Crippen molar-refractivity contribution >= 4 is 40.8 Å². The Morgan fingerprint density at radius 3 is 2.54 bits per heavy atom. The van der Waals surface area contributed by atoms with Crippen LogP contribution in [0.15, 0.2) is 59.4 Å². The number of ether oxygens (including phenoxy) is 2. The van der Waals surface area contributed by atoms with Crippen molar-refractivity contribution < 1.29 is 23.5 Å². The van der Waals surface area contributed by atoms with Crippen LogP contribution in [-0.2, 0) is 11.3 Å². The van der Waals surface area contributed by atoms with Crippen LogP contribution in [0.3, 0.4) is 0 Å². The lowest BCUT2D eigenvalue weighted by atomic mass is 10.0. The summed E-state index contributed by atoms with van der Waals surface area (Å²) in [6.45, 7) is 0.172. The van der Waals surface area contributed by atoms with E-state index in [0.717, 1.165) is 41.7 Å². The van der Waals surface area contributed by atoms with E-state index in [1.807, 2.05) is 36.4 Å². The second-order valence-corrected chi connectivity index (χ2v) is 11.1. The van der Waals surface area contributed by atoms with Crippen molar-refractivity contribution in [2.45, 2.75) is 43.6 Å². The van der Waals surface area contributed by atoms with Crippen LogP contribution in [0.5, 0.6) is 5.75 Å². The molecule has 2 aromatic heterocycles. The monoisotopic (exact) mass is 584 g/mol. The van der Waals surface area contributed by atoms with E-state index in [0.29, 0.717) is 32.3 Å². The normalized spacial score (nSPS) is 18.2. The van der Waals surface area contributed by atoms with Gasteiger partial charge in [-0.05, 0) is 66.5 Å². The third kappa shape index (κ3) is 5.19. The van der Waals surface area contributed by atoms with Crippen LogP contribution in [0.4, 0.5) is 0 Å². The number of aromatic nitrogens is 2. The smallest absolute Gasteiger partial charge is 0.337 e. The number of methoxy groups -OCH3 is 1. The zero-order chi connectivity index (χ0) is 27.3. The molecule has 2 unspecified atom stereocenters. The molecule has 10 heteroatoms. The van der Waals surface area contributed by atoms with Gasteiger partial charge in [0.2, 0.25) is 0 Å². The molecule has 0 aliphatic heterocycles. The summed E-state index contributed by atoms with van der Waals surface area (Å²) in [5.74, 6) is 1.81. The number of pyridine rings is 1. The Morgan fingerprint density at radius 2 is 1.85 bits per heavy atom. The molecule has 6 rings (SSSR count). The van der Waals surface area contributed by atoms with Crippen molar-refractivity contribution in [1.82, 2.24) is 5.16 Å². The van der Waals surface area contributed by atoms with Gasteiger partial charge in [-0.15, -0.1) is 0 Å². The first-order chi connectivity index (χ1) is 18.8. The highest BCUT2D eigenvalue weighted by Crippen LogP contribution is 2.56. The van der Waals surface area contributed by atoms with Gasteiger partial charge in [0.05, 0.1) is 23.8 Å². The maximum absolute atomic E-state index is 11.9. The third-order valence-electron chi connectivity index (χ3n) is 7.24. The highest BCUT2D eigenvalue weighted by atomic mass is 35.5. The SMILES string of the molecule is COC(=O)c1cccc(C2CC2c2ccc(OCc3c(-c4c(Cl)c[n+]([O-])cc4Cl)noc3C3CC3)cc2Cl)c1. The van der Waals surface area contributed by atoms with Gasteiger partial charge in [-0.1, -0.05) is 58.2 Å². The Hall–Kier alpha value is -3.26. The predicted molar refractivity (Wildman–Crippen MR) is 147 cm³/mol. The lowest BCUT2D eigenvalue weighted by Crippen LogP contribution is -2.24. The van der Waals surface area contributed by atoms with Crippen LogP contribution >= 0.6 is 34.8 Å². The van der Waals surface area contributed by atoms with Crippen LogP contribution in [0, 0.1) is 5.21 Å². The predicted octanol–water partition coefficient (Wildman–Crippen LogP) is 7.45. The van der Waals surface area contributed by atoms with Gasteiger partial charge in [-0.2, -0.15) is 4.73 Å². The van der Waals surface area contributed by atoms with Gasteiger partial charge in [-0.3, -0.25) is 0 Å². The maximum Gasteiger partial charge on any atom is 0.337 e. The van der Waals surface area contributed by atoms with Gasteiger partial charge in [0, 0.05) is 10.9 Å². The Balaban J connectivity index is 1.20. The van der Waals surface area contributed by atoms with Crippen molar-refractivity contribution in [1.29, 1.82) is 0 Å². The number of benzene rings is 2. The Labute approximate surface area is 239 Å². The third-order valence-corrected chi connectivity index (χ3v) is 8.14. The number of halogens is 3. The van der Waals surface area contributed by atoms with Crippen LogP contribution in [0.25, 0.3) is 11.3 Å². The van der Waals surface area contributed by atoms with Gasteiger partial charge in [-0.25, -0.2) is 4.79 Å². The summed E-state index contributed by atoms with van der Waals surface area (Å²) < 4.78 is 17.2. The van der Waals surface area contributed by atoms with Crippen LogP contribution in [0.1, 0.15) is 69.8 Å². The molecule has 0 amide bonds. The fourth-order valence-corrected chi connectivity index (χ4v) is 5.96. The summed E-state index contributed by atoms with van der Waals surface area (Å²) in [6, 6.07) is 13.2. The minimum Gasteiger partial charge on any atom is -0.619 e. The highest BCUT2D eigenvalue weighted by molar-refractivity contribution is 6.38. The zero-order valence-electron chi connectivity index (χ0n) is 20.8. The van der Waals surface area contributed by atoms with Gasteiger partial charge in [0.1, 0.15) is 33.9 Å². The second kappa shape index (κ2) is 10.4. The van der Waals surface area contributed by atoms with E-state index >= 15 is 0 Å². The molecule has 0 spiro atoms. The number of hydrogen-bond acceptors (Lipinski definition) is 6. The van der Waals surface area contributed by atoms with E-state index in [-0.39, 0.29) is 40.4 Å². The Kier molecular flexibility index (Phi) is 6.91. The highest BCUT2D eigenvalue weighted by Gasteiger charge is 2.41. The largest absolute Gasteiger partial charge is 0.619 e. The molecular weight excluding hydrogens is 563 g/mol. The first kappa shape index (κ1) is 26.0. The summed E-state index contributed by atoms with van der Waals surface area (Å²) in [7, 11) is 1.38. The lowest BCUT2D eigenvalue weighted by molar-refractivity contribution is -0.605. The van der Waals surface area contributed by atoms with Crippen LogP contribution < -0.4 is 9.47 Å². The average Bonchev–Trinajstić information content (AvgIpc) is 3.85. The molecule has 2 aliphatic rings. The number of carbonyl (C=O) groups is 1. The maximum atomic E-state index is 11.9. The van der Waals surface area contributed by atoms with Crippen LogP contribution in [-0.4, -0.2) is 18.2 Å². The van der Waals surface area contributed by atoms with E-state index < -0.39 is 0 Å². The topological polar surface area (TPSA) is 88.5 Å². The van der Waals surface area contributed by atoms with E-state index in [9.17, 15) is 10.0 Å². The Morgan fingerprint density at radius 1 is 1.08 bits per heavy atom. The molecule has 2 atom stereocenters. The molecule has 4 aromatic rings. The fraction of sp³-hybridized carbons (Fsp3) is 0.276. The zero-order valence-corrected chi connectivity index (χ0v) is 23.1. The van der Waals surface area contributed by atoms with Crippen molar-refractivity contribution in [2.24, 2.45) is 0 Å². The minimum atomic E-state index is -0.347. The van der Waals surface area contributed by atoms with Crippen LogP contribution in [0.2, 0.25) is 15.1 Å². The summed E-state index contributed by atoms with van der Waals surface area (Å²) in [6.07, 6.45) is 5.41. The quantitative estimate of drug-likeness (QED) is 0.121. The van der Waals surface area contributed by atoms with Crippen molar-refractivity contribution in [3.63, 3.8) is 0 Å². The van der Waals surface area contributed by atoms with Crippen molar-refractivity contribution in [3.05, 3.63) is 103 Å². The summed E-state index contributed by atoms with van der Waals surface area (Å²) in [4.78, 5) is 11.9. The van der Waals surface area contributed by atoms with Gasteiger partial charge in [0.15, 0.2) is 12.4 Å². The van der Waals surface area contributed by atoms with E-state index in [1.54, 1.807) is 6.07 Å². The molecule has 2 heterocycles. The number of rotatable bonds is 8. The first-order valence-electron chi connectivity index (χ1n) is 12.5. The molecule has 200 valence electrons. The van der Waals surface area contributed by atoms with Crippen molar-refractivity contribution in [2.75, 3.05) is 7.11 Å². The molecule has 2 fully saturated rings. The molecular formula is C29H23Cl3N2O5. The summed E-state index contributed by atoms with van der Waals surface area (Å²) in [5.41, 5.74) is 4.31. The van der Waals surface area contributed by atoms with E-state index in [4.69, 9.17) is 48.8 Å². The fourth-order valence-electron chi connectivity index (χ4n) is 5.03. The molecule has 2 aromatic carbocycles. The van der Waals surface area contributed by atoms with E-state index in [1.165, 1.54) is 19.5 Å². The number of hydrogen-bond donors (Lipinski definition) is 0. The molecule has 2 aliphatic carbocycles. The van der Waals surface area contributed by atoms with E-state index in [2.05, 4.69) is 5.16 Å². The number of carbonyl (C=O) groups excluding carboxylic acids is 1. The molecule has 0 radical (unpaired) electrons. The molecule has 0 bridgehead atoms. The molecule has 0 N–H and O–H groups in total. The Bertz CT molecular complexity index is 1560. The number of nitrogens with zero attached hydrogens (tertiary/aromatic N) is 2. The first-order valence-corrected chi connectivity index (χ1v) is 13.6. The van der Waals surface area contributed by atoms with Gasteiger partial charge >= 0.3 is 5.97 Å². The minimum absolute atomic E-state index is 0.172. The summed E-state index contributed by atoms with van der Waals surface area (Å²) >= 11 is 19.4. The molecule has 39 heavy (non-hydrogen) atoms. The average molecular weight is 586 g/mol. The van der Waals surface area contributed by atoms with Crippen molar-refractivity contribution in [3.8, 4) is 17.0 Å². The number of esters is 1. The molecule has 2 saturated carbocycles. The summed E-state index contributed by atoms with van der Waals surface area (Å²) in [5, 5.41) is 16.9. The standard InChI is InChI=1S/C29H23Cl3N2O5/c1-37-29(35)17-4-2-3-16(9-17)20-11-21(20)19-8-7-18(10-23(19)30)38-14-22-27(33-39-28(22)15-5-6-15)26-24(31)12-34(36)13-25(26)32/h2-4,7-10,12-13,15,20-21H,5-6,11,14H2,1H3. The molecule has 0 saturated heterocycles. The van der Waals surface area contributed by atoms with Gasteiger partial charge in [0.25, 0.3) is 0 Å².